The molecule has 0 spiro atoms. The summed E-state index contributed by atoms with van der Waals surface area (Å²) >= 11 is 1.51. The minimum atomic E-state index is -0.273. The maximum Gasteiger partial charge on any atom is 0.272 e. The average molecular weight is 422 g/mol. The Bertz CT molecular complexity index is 985. The number of benzene rings is 1. The van der Waals surface area contributed by atoms with Crippen molar-refractivity contribution in [3.63, 3.8) is 0 Å². The van der Waals surface area contributed by atoms with Crippen LogP contribution in [-0.4, -0.2) is 27.6 Å². The number of aryl methyl sites for hydroxylation is 1. The SMILES string of the molecule is Cc1nc(-c2ccc(F)cc2)sc1C(C)NC(=O)c1n[nH]c2c1CNCC2.Cl. The van der Waals surface area contributed by atoms with E-state index in [1.165, 1.54) is 23.5 Å². The molecular formula is C19H21ClFN5OS. The molecule has 1 amide bonds. The molecule has 1 atom stereocenters. The Morgan fingerprint density at radius 2 is 2.07 bits per heavy atom. The van der Waals surface area contributed by atoms with Crippen LogP contribution in [0, 0.1) is 12.7 Å². The Hall–Kier alpha value is -2.29. The molecule has 0 fully saturated rings. The number of aromatic amines is 1. The van der Waals surface area contributed by atoms with Crippen LogP contribution in [0.15, 0.2) is 24.3 Å². The molecule has 0 aliphatic carbocycles. The number of hydrogen-bond acceptors (Lipinski definition) is 5. The maximum atomic E-state index is 13.1. The molecule has 0 radical (unpaired) electrons. The van der Waals surface area contributed by atoms with Crippen LogP contribution >= 0.6 is 23.7 Å². The Balaban J connectivity index is 0.00000225. The minimum Gasteiger partial charge on any atom is -0.343 e. The molecule has 3 N–H and O–H groups in total. The second-order valence-electron chi connectivity index (χ2n) is 6.63. The van der Waals surface area contributed by atoms with Gasteiger partial charge in [0.2, 0.25) is 0 Å². The summed E-state index contributed by atoms with van der Waals surface area (Å²) in [4.78, 5) is 18.3. The van der Waals surface area contributed by atoms with Crippen molar-refractivity contribution in [2.45, 2.75) is 32.9 Å². The lowest BCUT2D eigenvalue weighted by atomic mass is 10.1. The number of nitrogens with zero attached hydrogens (tertiary/aromatic N) is 2. The number of carbonyl (C=O) groups excluding carboxylic acids is 1. The van der Waals surface area contributed by atoms with Gasteiger partial charge in [-0.15, -0.1) is 23.7 Å². The van der Waals surface area contributed by atoms with E-state index in [1.807, 2.05) is 13.8 Å². The van der Waals surface area contributed by atoms with Gasteiger partial charge < -0.3 is 10.6 Å². The molecule has 0 bridgehead atoms. The molecule has 4 rings (SSSR count). The summed E-state index contributed by atoms with van der Waals surface area (Å²) in [7, 11) is 0. The second kappa shape index (κ2) is 8.38. The number of halogens is 2. The molecule has 3 heterocycles. The first-order chi connectivity index (χ1) is 13.0. The maximum absolute atomic E-state index is 13.1. The smallest absolute Gasteiger partial charge is 0.272 e. The summed E-state index contributed by atoms with van der Waals surface area (Å²) in [5, 5.41) is 14.3. The van der Waals surface area contributed by atoms with E-state index in [1.54, 1.807) is 12.1 Å². The molecule has 1 aliphatic rings. The van der Waals surface area contributed by atoms with Crippen molar-refractivity contribution in [1.82, 2.24) is 25.8 Å². The van der Waals surface area contributed by atoms with Crippen molar-refractivity contribution in [2.24, 2.45) is 0 Å². The quantitative estimate of drug-likeness (QED) is 0.601. The minimum absolute atomic E-state index is 0. The van der Waals surface area contributed by atoms with E-state index in [0.717, 1.165) is 45.4 Å². The first-order valence-electron chi connectivity index (χ1n) is 8.84. The third-order valence-corrected chi connectivity index (χ3v) is 6.08. The lowest BCUT2D eigenvalue weighted by molar-refractivity contribution is 0.0934. The first-order valence-corrected chi connectivity index (χ1v) is 9.65. The highest BCUT2D eigenvalue weighted by atomic mass is 35.5. The van der Waals surface area contributed by atoms with Crippen LogP contribution in [0.2, 0.25) is 0 Å². The van der Waals surface area contributed by atoms with Crippen LogP contribution in [0.5, 0.6) is 0 Å². The van der Waals surface area contributed by atoms with Crippen LogP contribution in [0.1, 0.15) is 45.3 Å². The number of aromatic nitrogens is 3. The number of hydrogen-bond donors (Lipinski definition) is 3. The topological polar surface area (TPSA) is 82.7 Å². The van der Waals surface area contributed by atoms with Crippen LogP contribution in [-0.2, 0) is 13.0 Å². The van der Waals surface area contributed by atoms with Gasteiger partial charge in [-0.1, -0.05) is 0 Å². The van der Waals surface area contributed by atoms with Crippen LogP contribution in [0.25, 0.3) is 10.6 Å². The predicted octanol–water partition coefficient (Wildman–Crippen LogP) is 3.54. The van der Waals surface area contributed by atoms with E-state index in [0.29, 0.717) is 12.2 Å². The van der Waals surface area contributed by atoms with E-state index < -0.39 is 0 Å². The zero-order valence-electron chi connectivity index (χ0n) is 15.5. The monoisotopic (exact) mass is 421 g/mol. The fourth-order valence-electron chi connectivity index (χ4n) is 3.27. The number of amides is 1. The van der Waals surface area contributed by atoms with Gasteiger partial charge in [-0.25, -0.2) is 9.37 Å². The molecule has 0 saturated carbocycles. The van der Waals surface area contributed by atoms with E-state index >= 15 is 0 Å². The van der Waals surface area contributed by atoms with Gasteiger partial charge in [0.05, 0.1) is 16.6 Å². The number of rotatable bonds is 4. The lowest BCUT2D eigenvalue weighted by Gasteiger charge is -2.15. The first kappa shape index (κ1) is 20.4. The summed E-state index contributed by atoms with van der Waals surface area (Å²) < 4.78 is 13.1. The van der Waals surface area contributed by atoms with Gasteiger partial charge in [-0.3, -0.25) is 9.89 Å². The number of fused-ring (bicyclic) bond motifs is 1. The number of thiazole rings is 1. The van der Waals surface area contributed by atoms with Crippen molar-refractivity contribution in [1.29, 1.82) is 0 Å². The molecule has 148 valence electrons. The number of carbonyl (C=O) groups is 1. The molecule has 1 aliphatic heterocycles. The molecule has 1 unspecified atom stereocenters. The van der Waals surface area contributed by atoms with Crippen LogP contribution in [0.3, 0.4) is 0 Å². The van der Waals surface area contributed by atoms with E-state index in [9.17, 15) is 9.18 Å². The summed E-state index contributed by atoms with van der Waals surface area (Å²) in [6.45, 7) is 5.39. The summed E-state index contributed by atoms with van der Waals surface area (Å²) in [5.41, 5.74) is 4.14. The Kier molecular flexibility index (Phi) is 6.12. The summed E-state index contributed by atoms with van der Waals surface area (Å²) in [6.07, 6.45) is 0.847. The van der Waals surface area contributed by atoms with Gasteiger partial charge in [-0.05, 0) is 38.1 Å². The molecule has 28 heavy (non-hydrogen) atoms. The lowest BCUT2D eigenvalue weighted by Crippen LogP contribution is -2.30. The molecule has 3 aromatic rings. The standard InChI is InChI=1S/C19H20FN5OS.ClH/c1-10(22-18(26)16-14-9-21-8-7-15(14)24-25-16)17-11(2)23-19(27-17)12-3-5-13(20)6-4-12;/h3-6,10,21H,7-9H2,1-2H3,(H,22,26)(H,24,25);1H. The van der Waals surface area contributed by atoms with Gasteiger partial charge in [0.15, 0.2) is 5.69 Å². The zero-order chi connectivity index (χ0) is 19.0. The summed E-state index contributed by atoms with van der Waals surface area (Å²) in [5.74, 6) is -0.468. The van der Waals surface area contributed by atoms with Gasteiger partial charge in [0.1, 0.15) is 10.8 Å². The van der Waals surface area contributed by atoms with Crippen LogP contribution in [0.4, 0.5) is 4.39 Å². The van der Waals surface area contributed by atoms with Crippen molar-refractivity contribution in [3.8, 4) is 10.6 Å². The van der Waals surface area contributed by atoms with Crippen molar-refractivity contribution >= 4 is 29.7 Å². The highest BCUT2D eigenvalue weighted by molar-refractivity contribution is 7.15. The molecule has 6 nitrogen and oxygen atoms in total. The van der Waals surface area contributed by atoms with Gasteiger partial charge >= 0.3 is 0 Å². The zero-order valence-corrected chi connectivity index (χ0v) is 17.1. The molecule has 2 aromatic heterocycles. The average Bonchev–Trinajstić information content (AvgIpc) is 3.26. The normalized spacial score (nSPS) is 14.1. The van der Waals surface area contributed by atoms with E-state index in [-0.39, 0.29) is 30.2 Å². The van der Waals surface area contributed by atoms with Crippen molar-refractivity contribution in [3.05, 3.63) is 57.6 Å². The molecule has 0 saturated heterocycles. The van der Waals surface area contributed by atoms with Crippen molar-refractivity contribution < 1.29 is 9.18 Å². The fourth-order valence-corrected chi connectivity index (χ4v) is 4.34. The number of nitrogens with one attached hydrogen (secondary N) is 3. The summed E-state index contributed by atoms with van der Waals surface area (Å²) in [6, 6.07) is 6.07. The predicted molar refractivity (Wildman–Crippen MR) is 109 cm³/mol. The largest absolute Gasteiger partial charge is 0.343 e. The van der Waals surface area contributed by atoms with Gasteiger partial charge in [0.25, 0.3) is 5.91 Å². The molecule has 9 heteroatoms. The van der Waals surface area contributed by atoms with E-state index in [2.05, 4.69) is 25.8 Å². The van der Waals surface area contributed by atoms with Crippen molar-refractivity contribution in [2.75, 3.05) is 6.54 Å². The third-order valence-electron chi connectivity index (χ3n) is 4.69. The Morgan fingerprint density at radius 3 is 2.82 bits per heavy atom. The molecule has 1 aromatic carbocycles. The number of H-pyrrole nitrogens is 1. The van der Waals surface area contributed by atoms with E-state index in [4.69, 9.17) is 0 Å². The fraction of sp³-hybridized carbons (Fsp3) is 0.316. The Labute approximate surface area is 172 Å². The highest BCUT2D eigenvalue weighted by Crippen LogP contribution is 2.32. The van der Waals surface area contributed by atoms with Gasteiger partial charge in [0, 0.05) is 36.3 Å². The van der Waals surface area contributed by atoms with Gasteiger partial charge in [-0.2, -0.15) is 5.10 Å². The van der Waals surface area contributed by atoms with Crippen LogP contribution < -0.4 is 10.6 Å². The molecular weight excluding hydrogens is 401 g/mol. The second-order valence-corrected chi connectivity index (χ2v) is 7.66. The Morgan fingerprint density at radius 1 is 1.32 bits per heavy atom. The third kappa shape index (κ3) is 3.94. The highest BCUT2D eigenvalue weighted by Gasteiger charge is 2.24.